The van der Waals surface area contributed by atoms with Crippen LogP contribution in [0.25, 0.3) is 0 Å². The minimum atomic E-state index is -5.17. The van der Waals surface area contributed by atoms with Crippen LogP contribution >= 0.6 is 0 Å². The van der Waals surface area contributed by atoms with Gasteiger partial charge in [0.15, 0.2) is 0 Å². The van der Waals surface area contributed by atoms with Crippen LogP contribution in [0.1, 0.15) is 19.4 Å². The number of methoxy groups -OCH3 is 1. The van der Waals surface area contributed by atoms with Crippen LogP contribution in [0.5, 0.6) is 5.75 Å². The monoisotopic (exact) mass is 418 g/mol. The maximum atomic E-state index is 8.52. The van der Waals surface area contributed by atoms with Gasteiger partial charge in [-0.05, 0) is 38.1 Å². The Morgan fingerprint density at radius 3 is 2.17 bits per heavy atom. The van der Waals surface area contributed by atoms with Crippen LogP contribution in [0.4, 0.5) is 11.4 Å². The SMILES string of the molecule is COc1ccc(N(C)N=CC2=[N+](C)c3ccccc3C2(C)C)cc1.O=S(=O)([O-])[O-]. The van der Waals surface area contributed by atoms with Crippen LogP contribution in [0, 0.1) is 0 Å². The van der Waals surface area contributed by atoms with Gasteiger partial charge in [-0.1, -0.05) is 18.2 Å². The molecule has 0 spiro atoms. The summed E-state index contributed by atoms with van der Waals surface area (Å²) in [6, 6.07) is 16.4. The fourth-order valence-corrected chi connectivity index (χ4v) is 3.24. The quantitative estimate of drug-likeness (QED) is 0.248. The lowest BCUT2D eigenvalue weighted by Crippen LogP contribution is -2.30. The van der Waals surface area contributed by atoms with Crippen molar-refractivity contribution in [2.75, 3.05) is 26.2 Å². The molecule has 0 bridgehead atoms. The molecule has 3 rings (SSSR count). The Kier molecular flexibility index (Phi) is 6.78. The van der Waals surface area contributed by atoms with Crippen molar-refractivity contribution in [1.29, 1.82) is 0 Å². The summed E-state index contributed by atoms with van der Waals surface area (Å²) in [5, 5.41) is 6.52. The Bertz CT molecular complexity index is 1020. The number of anilines is 1. The first-order valence-corrected chi connectivity index (χ1v) is 10.1. The highest BCUT2D eigenvalue weighted by Gasteiger charge is 2.43. The molecule has 8 nitrogen and oxygen atoms in total. The molecule has 0 radical (unpaired) electrons. The van der Waals surface area contributed by atoms with Gasteiger partial charge < -0.3 is 13.8 Å². The van der Waals surface area contributed by atoms with Crippen LogP contribution in [0.15, 0.2) is 53.6 Å². The highest BCUT2D eigenvalue weighted by atomic mass is 32.3. The largest absolute Gasteiger partial charge is 0.759 e. The number of benzene rings is 2. The van der Waals surface area contributed by atoms with Gasteiger partial charge >= 0.3 is 0 Å². The average molecular weight is 418 g/mol. The van der Waals surface area contributed by atoms with E-state index in [2.05, 4.69) is 54.8 Å². The third kappa shape index (κ3) is 5.63. The van der Waals surface area contributed by atoms with Gasteiger partial charge in [0.25, 0.3) is 0 Å². The second-order valence-corrected chi connectivity index (χ2v) is 7.78. The van der Waals surface area contributed by atoms with Crippen molar-refractivity contribution in [1.82, 2.24) is 0 Å². The molecule has 0 saturated heterocycles. The van der Waals surface area contributed by atoms with E-state index in [0.717, 1.165) is 11.4 Å². The lowest BCUT2D eigenvalue weighted by atomic mass is 9.82. The lowest BCUT2D eigenvalue weighted by Gasteiger charge is -2.16. The fraction of sp³-hybridized carbons (Fsp3) is 0.300. The summed E-state index contributed by atoms with van der Waals surface area (Å²) in [6.07, 6.45) is 1.96. The molecule has 0 aromatic heterocycles. The van der Waals surface area contributed by atoms with Gasteiger partial charge in [0.2, 0.25) is 11.4 Å². The van der Waals surface area contributed by atoms with E-state index in [4.69, 9.17) is 22.3 Å². The van der Waals surface area contributed by atoms with E-state index in [9.17, 15) is 0 Å². The zero-order chi connectivity index (χ0) is 21.8. The molecule has 0 aliphatic carbocycles. The standard InChI is InChI=1S/C20H24N3O.H2O4S/c1-20(2)17-8-6-7-9-18(17)22(3)19(20)14-21-23(4)15-10-12-16(24-5)13-11-15;1-5(2,3)4/h6-14H,1-5H3;(H2,1,2,3,4)/q+1;/p-2. The summed E-state index contributed by atoms with van der Waals surface area (Å²) >= 11 is 0. The number of hydrazone groups is 1. The minimum Gasteiger partial charge on any atom is -0.759 e. The lowest BCUT2D eigenvalue weighted by molar-refractivity contribution is -0.400. The first-order valence-electron chi connectivity index (χ1n) is 8.74. The van der Waals surface area contributed by atoms with Crippen molar-refractivity contribution >= 4 is 33.7 Å². The first kappa shape index (κ1) is 22.5. The Labute approximate surface area is 171 Å². The molecule has 0 saturated carbocycles. The van der Waals surface area contributed by atoms with Crippen LogP contribution in [-0.2, 0) is 15.8 Å². The Morgan fingerprint density at radius 1 is 1.10 bits per heavy atom. The van der Waals surface area contributed by atoms with Gasteiger partial charge in [-0.25, -0.2) is 0 Å². The Morgan fingerprint density at radius 2 is 1.66 bits per heavy atom. The van der Waals surface area contributed by atoms with Crippen LogP contribution < -0.4 is 9.75 Å². The number of para-hydroxylation sites is 1. The first-order chi connectivity index (χ1) is 13.4. The van der Waals surface area contributed by atoms with Crippen molar-refractivity contribution in [3.05, 3.63) is 54.1 Å². The minimum absolute atomic E-state index is 0.0599. The molecule has 9 heteroatoms. The average Bonchev–Trinajstić information content (AvgIpc) is 2.85. The van der Waals surface area contributed by atoms with Gasteiger partial charge in [-0.15, -0.1) is 0 Å². The number of hydrogen-bond acceptors (Lipinski definition) is 7. The maximum Gasteiger partial charge on any atom is 0.212 e. The molecule has 29 heavy (non-hydrogen) atoms. The maximum absolute atomic E-state index is 8.52. The molecule has 1 heterocycles. The molecule has 0 N–H and O–H groups in total. The van der Waals surface area contributed by atoms with Gasteiger partial charge in [0.1, 0.15) is 19.0 Å². The van der Waals surface area contributed by atoms with E-state index in [0.29, 0.717) is 0 Å². The van der Waals surface area contributed by atoms with Crippen molar-refractivity contribution in [3.63, 3.8) is 0 Å². The fourth-order valence-electron chi connectivity index (χ4n) is 3.24. The predicted octanol–water partition coefficient (Wildman–Crippen LogP) is 2.49. The summed E-state index contributed by atoms with van der Waals surface area (Å²) in [5.41, 5.74) is 4.72. The molecular formula is C20H24N3O5S-. The van der Waals surface area contributed by atoms with E-state index < -0.39 is 10.4 Å². The smallest absolute Gasteiger partial charge is 0.212 e. The van der Waals surface area contributed by atoms with E-state index >= 15 is 0 Å². The van der Waals surface area contributed by atoms with Crippen LogP contribution in [-0.4, -0.2) is 55.2 Å². The van der Waals surface area contributed by atoms with Gasteiger partial charge in [-0.3, -0.25) is 13.4 Å². The number of rotatable bonds is 4. The van der Waals surface area contributed by atoms with Crippen molar-refractivity contribution in [2.45, 2.75) is 19.3 Å². The topological polar surface area (TPSA) is 108 Å². The van der Waals surface area contributed by atoms with E-state index in [1.54, 1.807) is 7.11 Å². The molecule has 1 aliphatic rings. The Balaban J connectivity index is 0.000000537. The van der Waals surface area contributed by atoms with Crippen molar-refractivity contribution in [3.8, 4) is 5.75 Å². The zero-order valence-electron chi connectivity index (χ0n) is 17.0. The highest BCUT2D eigenvalue weighted by molar-refractivity contribution is 7.79. The van der Waals surface area contributed by atoms with Gasteiger partial charge in [-0.2, -0.15) is 9.68 Å². The summed E-state index contributed by atoms with van der Waals surface area (Å²) in [5.74, 6) is 0.845. The number of nitrogens with zero attached hydrogens (tertiary/aromatic N) is 3. The second-order valence-electron chi connectivity index (χ2n) is 6.96. The summed E-state index contributed by atoms with van der Waals surface area (Å²) in [7, 11) is 0.555. The molecule has 2 aromatic carbocycles. The number of ether oxygens (including phenoxy) is 1. The molecule has 0 fully saturated rings. The molecule has 0 unspecified atom stereocenters. The number of fused-ring (bicyclic) bond motifs is 1. The van der Waals surface area contributed by atoms with E-state index in [-0.39, 0.29) is 5.41 Å². The van der Waals surface area contributed by atoms with Crippen molar-refractivity contribution in [2.24, 2.45) is 5.10 Å². The van der Waals surface area contributed by atoms with Crippen LogP contribution in [0.3, 0.4) is 0 Å². The third-order valence-corrected chi connectivity index (χ3v) is 4.74. The zero-order valence-corrected chi connectivity index (χ0v) is 17.8. The molecule has 156 valence electrons. The Hall–Kier alpha value is -2.75. The highest BCUT2D eigenvalue weighted by Crippen LogP contribution is 2.38. The molecule has 0 atom stereocenters. The second kappa shape index (κ2) is 8.73. The summed E-state index contributed by atoms with van der Waals surface area (Å²) < 4.78 is 41.5. The van der Waals surface area contributed by atoms with Gasteiger partial charge in [0, 0.05) is 29.1 Å². The predicted molar refractivity (Wildman–Crippen MR) is 111 cm³/mol. The summed E-state index contributed by atoms with van der Waals surface area (Å²) in [6.45, 7) is 4.48. The van der Waals surface area contributed by atoms with Crippen LogP contribution in [0.2, 0.25) is 0 Å². The van der Waals surface area contributed by atoms with Crippen molar-refractivity contribution < 1.29 is 26.8 Å². The molecular weight excluding hydrogens is 394 g/mol. The van der Waals surface area contributed by atoms with Gasteiger partial charge in [0.05, 0.1) is 18.2 Å². The normalized spacial score (nSPS) is 15.0. The summed E-state index contributed by atoms with van der Waals surface area (Å²) in [4.78, 5) is 0. The molecule has 0 amide bonds. The van der Waals surface area contributed by atoms with E-state index in [1.165, 1.54) is 17.0 Å². The molecule has 2 aromatic rings. The number of hydrogen-bond donors (Lipinski definition) is 0. The third-order valence-electron chi connectivity index (χ3n) is 4.74. The van der Waals surface area contributed by atoms with E-state index in [1.807, 2.05) is 42.5 Å². The molecule has 1 aliphatic heterocycles.